The first-order valence-corrected chi connectivity index (χ1v) is 5.87. The lowest BCUT2D eigenvalue weighted by molar-refractivity contribution is -0.274. The summed E-state index contributed by atoms with van der Waals surface area (Å²) in [6.07, 6.45) is -3.37. The molecule has 0 aliphatic rings. The summed E-state index contributed by atoms with van der Waals surface area (Å²) < 4.78 is 43.2. The van der Waals surface area contributed by atoms with E-state index in [1.807, 2.05) is 0 Å². The Morgan fingerprint density at radius 1 is 1.05 bits per heavy atom. The first-order valence-electron chi connectivity index (χ1n) is 5.87. The second-order valence-corrected chi connectivity index (χ2v) is 4.14. The lowest BCUT2D eigenvalue weighted by Crippen LogP contribution is -2.22. The summed E-state index contributed by atoms with van der Waals surface area (Å²) in [5.41, 5.74) is -0.336. The molecule has 0 radical (unpaired) electrons. The monoisotopic (exact) mass is 295 g/mol. The Bertz CT molecular complexity index is 851. The first-order chi connectivity index (χ1) is 9.96. The molecule has 3 rings (SSSR count). The van der Waals surface area contributed by atoms with E-state index in [2.05, 4.69) is 9.84 Å². The number of hydrogen-bond donors (Lipinski definition) is 0. The molecule has 0 unspecified atom stereocenters. The lowest BCUT2D eigenvalue weighted by atomic mass is 10.3. The van der Waals surface area contributed by atoms with Crippen LogP contribution in [0.5, 0.6) is 5.75 Å². The Morgan fingerprint density at radius 2 is 1.76 bits per heavy atom. The Kier molecular flexibility index (Phi) is 2.93. The van der Waals surface area contributed by atoms with Crippen LogP contribution in [-0.2, 0) is 0 Å². The molecule has 2 aromatic heterocycles. The number of para-hydroxylation sites is 2. The maximum absolute atomic E-state index is 12.4. The summed E-state index contributed by atoms with van der Waals surface area (Å²) in [4.78, 5) is 12.2. The van der Waals surface area contributed by atoms with Crippen molar-refractivity contribution in [2.24, 2.45) is 0 Å². The molecule has 108 valence electrons. The molecule has 0 spiro atoms. The zero-order valence-corrected chi connectivity index (χ0v) is 10.4. The van der Waals surface area contributed by atoms with Crippen molar-refractivity contribution in [3.05, 3.63) is 59.1 Å². The van der Waals surface area contributed by atoms with Crippen LogP contribution in [0.1, 0.15) is 0 Å². The number of ether oxygens (including phenoxy) is 1. The number of hydrogen-bond acceptors (Lipinski definition) is 3. The Labute approximate surface area is 115 Å². The van der Waals surface area contributed by atoms with Gasteiger partial charge in [0.25, 0.3) is 0 Å². The fourth-order valence-corrected chi connectivity index (χ4v) is 1.92. The molecule has 0 N–H and O–H groups in total. The highest BCUT2D eigenvalue weighted by Crippen LogP contribution is 2.27. The normalized spacial score (nSPS) is 11.8. The van der Waals surface area contributed by atoms with Crippen molar-refractivity contribution in [2.45, 2.75) is 6.36 Å². The van der Waals surface area contributed by atoms with Gasteiger partial charge in [0.2, 0.25) is 0 Å². The van der Waals surface area contributed by atoms with Crippen molar-refractivity contribution in [3.63, 3.8) is 0 Å². The molecule has 8 heteroatoms. The van der Waals surface area contributed by atoms with Gasteiger partial charge in [0.15, 0.2) is 11.4 Å². The summed E-state index contributed by atoms with van der Waals surface area (Å²) in [5.74, 6) is -0.490. The number of aromatic nitrogens is 3. The predicted molar refractivity (Wildman–Crippen MR) is 67.5 cm³/mol. The van der Waals surface area contributed by atoms with Crippen molar-refractivity contribution < 1.29 is 17.9 Å². The number of nitrogens with zero attached hydrogens (tertiary/aromatic N) is 3. The molecule has 0 atom stereocenters. The molecule has 0 amide bonds. The predicted octanol–water partition coefficient (Wildman–Crippen LogP) is 2.38. The number of fused-ring (bicyclic) bond motifs is 1. The Balaban J connectivity index is 2.19. The molecule has 3 aromatic rings. The van der Waals surface area contributed by atoms with Crippen molar-refractivity contribution in [3.8, 4) is 11.4 Å². The second kappa shape index (κ2) is 4.65. The largest absolute Gasteiger partial charge is 0.573 e. The smallest absolute Gasteiger partial charge is 0.403 e. The highest BCUT2D eigenvalue weighted by molar-refractivity contribution is 5.47. The average Bonchev–Trinajstić information content (AvgIpc) is 2.76. The molecule has 21 heavy (non-hydrogen) atoms. The minimum atomic E-state index is -4.85. The van der Waals surface area contributed by atoms with Gasteiger partial charge in [-0.25, -0.2) is 9.20 Å². The van der Waals surface area contributed by atoms with Gasteiger partial charge in [-0.05, 0) is 24.3 Å². The summed E-state index contributed by atoms with van der Waals surface area (Å²) in [7, 11) is 0. The van der Waals surface area contributed by atoms with E-state index < -0.39 is 17.8 Å². The standard InChI is InChI=1S/C13H8F3N3O2/c14-13(15,16)21-10-6-2-1-5-9(10)19-12(20)18-8-4-3-7-11(18)17-19/h1-8H. The van der Waals surface area contributed by atoms with Gasteiger partial charge < -0.3 is 4.74 Å². The molecular formula is C13H8F3N3O2. The summed E-state index contributed by atoms with van der Waals surface area (Å²) >= 11 is 0. The minimum absolute atomic E-state index is 0.0801. The van der Waals surface area contributed by atoms with Crippen LogP contribution in [0.3, 0.4) is 0 Å². The zero-order valence-electron chi connectivity index (χ0n) is 10.4. The van der Waals surface area contributed by atoms with Crippen LogP contribution in [0.25, 0.3) is 11.3 Å². The van der Waals surface area contributed by atoms with E-state index >= 15 is 0 Å². The van der Waals surface area contributed by atoms with Crippen LogP contribution in [-0.4, -0.2) is 20.5 Å². The van der Waals surface area contributed by atoms with Crippen molar-refractivity contribution in [1.29, 1.82) is 0 Å². The van der Waals surface area contributed by atoms with Crippen molar-refractivity contribution >= 4 is 5.65 Å². The van der Waals surface area contributed by atoms with E-state index in [-0.39, 0.29) is 5.69 Å². The number of alkyl halides is 3. The van der Waals surface area contributed by atoms with Crippen LogP contribution in [0, 0.1) is 0 Å². The van der Waals surface area contributed by atoms with Gasteiger partial charge in [-0.2, -0.15) is 4.68 Å². The summed E-state index contributed by atoms with van der Waals surface area (Å²) in [6, 6.07) is 10.2. The Hall–Kier alpha value is -2.77. The van der Waals surface area contributed by atoms with E-state index in [4.69, 9.17) is 0 Å². The molecular weight excluding hydrogens is 287 g/mol. The van der Waals surface area contributed by atoms with Gasteiger partial charge in [0.05, 0.1) is 0 Å². The topological polar surface area (TPSA) is 48.5 Å². The molecule has 0 bridgehead atoms. The van der Waals surface area contributed by atoms with Gasteiger partial charge in [-0.3, -0.25) is 0 Å². The highest BCUT2D eigenvalue weighted by atomic mass is 19.4. The Morgan fingerprint density at radius 3 is 2.48 bits per heavy atom. The number of halogens is 3. The zero-order chi connectivity index (χ0) is 15.0. The third-order valence-electron chi connectivity index (χ3n) is 2.75. The van der Waals surface area contributed by atoms with Crippen LogP contribution >= 0.6 is 0 Å². The molecule has 0 fully saturated rings. The van der Waals surface area contributed by atoms with Crippen molar-refractivity contribution in [1.82, 2.24) is 14.2 Å². The van der Waals surface area contributed by atoms with Crippen LogP contribution in [0.2, 0.25) is 0 Å². The molecule has 0 saturated carbocycles. The van der Waals surface area contributed by atoms with Gasteiger partial charge in [-0.1, -0.05) is 18.2 Å². The number of rotatable bonds is 2. The van der Waals surface area contributed by atoms with Gasteiger partial charge >= 0.3 is 12.1 Å². The molecule has 2 heterocycles. The SMILES string of the molecule is O=c1n(-c2ccccc2OC(F)(F)F)nc2ccccn12. The lowest BCUT2D eigenvalue weighted by Gasteiger charge is -2.11. The van der Waals surface area contributed by atoms with Gasteiger partial charge in [0.1, 0.15) is 5.69 Å². The first kappa shape index (κ1) is 13.2. The third-order valence-corrected chi connectivity index (χ3v) is 2.75. The minimum Gasteiger partial charge on any atom is -0.403 e. The van der Waals surface area contributed by atoms with E-state index in [1.54, 1.807) is 18.2 Å². The molecule has 0 aliphatic carbocycles. The van der Waals surface area contributed by atoms with E-state index in [9.17, 15) is 18.0 Å². The molecule has 1 aromatic carbocycles. The van der Waals surface area contributed by atoms with E-state index in [1.165, 1.54) is 28.8 Å². The second-order valence-electron chi connectivity index (χ2n) is 4.14. The summed E-state index contributed by atoms with van der Waals surface area (Å²) in [5, 5.41) is 3.99. The average molecular weight is 295 g/mol. The van der Waals surface area contributed by atoms with Crippen LogP contribution < -0.4 is 10.4 Å². The van der Waals surface area contributed by atoms with E-state index in [0.717, 1.165) is 10.7 Å². The molecule has 0 aliphatic heterocycles. The van der Waals surface area contributed by atoms with Crippen molar-refractivity contribution in [2.75, 3.05) is 0 Å². The highest BCUT2D eigenvalue weighted by Gasteiger charge is 2.32. The van der Waals surface area contributed by atoms with E-state index in [0.29, 0.717) is 5.65 Å². The number of pyridine rings is 1. The fourth-order valence-electron chi connectivity index (χ4n) is 1.92. The van der Waals surface area contributed by atoms with Gasteiger partial charge in [-0.15, -0.1) is 18.3 Å². The maximum Gasteiger partial charge on any atom is 0.573 e. The molecule has 0 saturated heterocycles. The molecule has 5 nitrogen and oxygen atoms in total. The summed E-state index contributed by atoms with van der Waals surface area (Å²) in [6.45, 7) is 0. The van der Waals surface area contributed by atoms with Gasteiger partial charge in [0, 0.05) is 6.20 Å². The third kappa shape index (κ3) is 2.47. The fraction of sp³-hybridized carbons (Fsp3) is 0.0769. The van der Waals surface area contributed by atoms with Crippen LogP contribution in [0.15, 0.2) is 53.5 Å². The van der Waals surface area contributed by atoms with Crippen LogP contribution in [0.4, 0.5) is 13.2 Å². The number of benzene rings is 1. The quantitative estimate of drug-likeness (QED) is 0.729. The maximum atomic E-state index is 12.4.